The van der Waals surface area contributed by atoms with E-state index in [9.17, 15) is 4.39 Å². The maximum absolute atomic E-state index is 13.9. The van der Waals surface area contributed by atoms with Gasteiger partial charge in [-0.25, -0.2) is 4.39 Å². The van der Waals surface area contributed by atoms with Crippen LogP contribution in [0.15, 0.2) is 12.4 Å². The van der Waals surface area contributed by atoms with E-state index in [-0.39, 0.29) is 6.04 Å². The van der Waals surface area contributed by atoms with Gasteiger partial charge >= 0.3 is 0 Å². The van der Waals surface area contributed by atoms with Crippen molar-refractivity contribution in [2.75, 3.05) is 6.54 Å². The minimum absolute atomic E-state index is 0.0407. The Morgan fingerprint density at radius 3 is 3.13 bits per heavy atom. The molecule has 2 unspecified atom stereocenters. The molecular formula is C11H18FN3. The van der Waals surface area contributed by atoms with Crippen molar-refractivity contribution in [3.8, 4) is 0 Å². The van der Waals surface area contributed by atoms with Gasteiger partial charge < -0.3 is 5.32 Å². The number of hydrogen-bond acceptors (Lipinski definition) is 2. The summed E-state index contributed by atoms with van der Waals surface area (Å²) in [4.78, 5) is 0. The lowest BCUT2D eigenvalue weighted by atomic mass is 9.97. The van der Waals surface area contributed by atoms with Gasteiger partial charge in [0.25, 0.3) is 0 Å². The SMILES string of the molecule is Cn1cc(CC(F)C2CCCCN2)cn1. The summed E-state index contributed by atoms with van der Waals surface area (Å²) in [6.45, 7) is 0.956. The molecule has 84 valence electrons. The minimum atomic E-state index is -0.783. The molecule has 3 nitrogen and oxygen atoms in total. The van der Waals surface area contributed by atoms with Gasteiger partial charge in [0.2, 0.25) is 0 Å². The molecule has 4 heteroatoms. The molecule has 1 N–H and O–H groups in total. The molecule has 1 saturated heterocycles. The first-order chi connectivity index (χ1) is 7.25. The highest BCUT2D eigenvalue weighted by Crippen LogP contribution is 2.16. The molecule has 2 heterocycles. The highest BCUT2D eigenvalue weighted by atomic mass is 19.1. The normalized spacial score (nSPS) is 24.0. The summed E-state index contributed by atoms with van der Waals surface area (Å²) in [5.74, 6) is 0. The molecule has 15 heavy (non-hydrogen) atoms. The number of nitrogens with one attached hydrogen (secondary N) is 1. The van der Waals surface area contributed by atoms with Gasteiger partial charge in [0, 0.05) is 25.7 Å². The Hall–Kier alpha value is -0.900. The summed E-state index contributed by atoms with van der Waals surface area (Å²) in [7, 11) is 1.86. The van der Waals surface area contributed by atoms with Gasteiger partial charge in [-0.2, -0.15) is 5.10 Å². The molecule has 0 aliphatic carbocycles. The average molecular weight is 211 g/mol. The first kappa shape index (κ1) is 10.6. The van der Waals surface area contributed by atoms with Crippen molar-refractivity contribution in [2.45, 2.75) is 37.9 Å². The van der Waals surface area contributed by atoms with Crippen LogP contribution in [0, 0.1) is 0 Å². The standard InChI is InChI=1S/C11H18FN3/c1-15-8-9(7-14-15)6-10(12)11-4-2-3-5-13-11/h7-8,10-11,13H,2-6H2,1H3. The second-order valence-corrected chi connectivity index (χ2v) is 4.30. The van der Waals surface area contributed by atoms with Gasteiger partial charge in [-0.15, -0.1) is 0 Å². The van der Waals surface area contributed by atoms with Gasteiger partial charge in [0.15, 0.2) is 0 Å². The zero-order valence-electron chi connectivity index (χ0n) is 9.12. The molecule has 1 aromatic rings. The van der Waals surface area contributed by atoms with Crippen molar-refractivity contribution < 1.29 is 4.39 Å². The number of alkyl halides is 1. The van der Waals surface area contributed by atoms with Crippen LogP contribution in [-0.4, -0.2) is 28.5 Å². The molecule has 2 rings (SSSR count). The van der Waals surface area contributed by atoms with Gasteiger partial charge in [0.05, 0.1) is 6.20 Å². The number of piperidine rings is 1. The van der Waals surface area contributed by atoms with E-state index >= 15 is 0 Å². The maximum atomic E-state index is 13.9. The zero-order chi connectivity index (χ0) is 10.7. The van der Waals surface area contributed by atoms with Gasteiger partial charge in [0.1, 0.15) is 6.17 Å². The highest BCUT2D eigenvalue weighted by Gasteiger charge is 2.23. The van der Waals surface area contributed by atoms with Crippen LogP contribution in [0.4, 0.5) is 4.39 Å². The maximum Gasteiger partial charge on any atom is 0.119 e. The third kappa shape index (κ3) is 2.78. The second kappa shape index (κ2) is 4.75. The van der Waals surface area contributed by atoms with E-state index in [1.807, 2.05) is 13.2 Å². The van der Waals surface area contributed by atoms with E-state index in [2.05, 4.69) is 10.4 Å². The second-order valence-electron chi connectivity index (χ2n) is 4.30. The van der Waals surface area contributed by atoms with Crippen LogP contribution in [0.5, 0.6) is 0 Å². The van der Waals surface area contributed by atoms with E-state index in [4.69, 9.17) is 0 Å². The third-order valence-electron chi connectivity index (χ3n) is 2.97. The van der Waals surface area contributed by atoms with Crippen LogP contribution in [0.2, 0.25) is 0 Å². The Bertz CT molecular complexity index is 305. The number of aromatic nitrogens is 2. The van der Waals surface area contributed by atoms with E-state index in [0.717, 1.165) is 24.9 Å². The summed E-state index contributed by atoms with van der Waals surface area (Å²) in [5, 5.41) is 7.29. The van der Waals surface area contributed by atoms with Gasteiger partial charge in [-0.05, 0) is 24.9 Å². The molecule has 0 spiro atoms. The smallest absolute Gasteiger partial charge is 0.119 e. The summed E-state index contributed by atoms with van der Waals surface area (Å²) in [6.07, 6.45) is 6.61. The summed E-state index contributed by atoms with van der Waals surface area (Å²) < 4.78 is 15.6. The fourth-order valence-electron chi connectivity index (χ4n) is 2.13. The van der Waals surface area contributed by atoms with Crippen LogP contribution >= 0.6 is 0 Å². The van der Waals surface area contributed by atoms with Crippen molar-refractivity contribution in [3.05, 3.63) is 18.0 Å². The first-order valence-electron chi connectivity index (χ1n) is 5.60. The summed E-state index contributed by atoms with van der Waals surface area (Å²) in [5.41, 5.74) is 0.984. The molecule has 1 fully saturated rings. The Kier molecular flexibility index (Phi) is 3.36. The van der Waals surface area contributed by atoms with Gasteiger partial charge in [-0.1, -0.05) is 6.42 Å². The molecule has 1 aliphatic rings. The predicted molar refractivity (Wildman–Crippen MR) is 57.4 cm³/mol. The van der Waals surface area contributed by atoms with Crippen LogP contribution in [0.25, 0.3) is 0 Å². The fraction of sp³-hybridized carbons (Fsp3) is 0.727. The number of rotatable bonds is 3. The lowest BCUT2D eigenvalue weighted by molar-refractivity contribution is 0.217. The van der Waals surface area contributed by atoms with E-state index in [1.54, 1.807) is 10.9 Å². The Labute approximate surface area is 89.7 Å². The van der Waals surface area contributed by atoms with Crippen LogP contribution in [-0.2, 0) is 13.5 Å². The average Bonchev–Trinajstić information content (AvgIpc) is 2.65. The van der Waals surface area contributed by atoms with Crippen LogP contribution in [0.3, 0.4) is 0 Å². The van der Waals surface area contributed by atoms with Crippen molar-refractivity contribution in [1.82, 2.24) is 15.1 Å². The van der Waals surface area contributed by atoms with Crippen molar-refractivity contribution >= 4 is 0 Å². The summed E-state index contributed by atoms with van der Waals surface area (Å²) >= 11 is 0. The quantitative estimate of drug-likeness (QED) is 0.820. The minimum Gasteiger partial charge on any atom is -0.311 e. The molecule has 1 aromatic heterocycles. The Morgan fingerprint density at radius 1 is 1.67 bits per heavy atom. The fourth-order valence-corrected chi connectivity index (χ4v) is 2.13. The van der Waals surface area contributed by atoms with E-state index < -0.39 is 6.17 Å². The molecule has 0 saturated carbocycles. The Morgan fingerprint density at radius 2 is 2.53 bits per heavy atom. The molecule has 2 atom stereocenters. The Balaban J connectivity index is 1.88. The van der Waals surface area contributed by atoms with Crippen LogP contribution in [0.1, 0.15) is 24.8 Å². The topological polar surface area (TPSA) is 29.9 Å². The first-order valence-corrected chi connectivity index (χ1v) is 5.60. The van der Waals surface area contributed by atoms with Crippen molar-refractivity contribution in [1.29, 1.82) is 0 Å². The number of hydrogen-bond donors (Lipinski definition) is 1. The van der Waals surface area contributed by atoms with Crippen molar-refractivity contribution in [2.24, 2.45) is 7.05 Å². The largest absolute Gasteiger partial charge is 0.311 e. The zero-order valence-corrected chi connectivity index (χ0v) is 9.12. The number of halogens is 1. The lowest BCUT2D eigenvalue weighted by Gasteiger charge is -2.26. The number of nitrogens with zero attached hydrogens (tertiary/aromatic N) is 2. The van der Waals surface area contributed by atoms with E-state index in [0.29, 0.717) is 6.42 Å². The van der Waals surface area contributed by atoms with Crippen LogP contribution < -0.4 is 5.32 Å². The van der Waals surface area contributed by atoms with Crippen molar-refractivity contribution in [3.63, 3.8) is 0 Å². The molecule has 0 aromatic carbocycles. The molecule has 0 amide bonds. The predicted octanol–water partition coefficient (Wildman–Crippen LogP) is 1.44. The molecule has 0 radical (unpaired) electrons. The third-order valence-corrected chi connectivity index (χ3v) is 2.97. The van der Waals surface area contributed by atoms with E-state index in [1.165, 1.54) is 6.42 Å². The summed E-state index contributed by atoms with van der Waals surface area (Å²) in [6, 6.07) is 0.0407. The molecular weight excluding hydrogens is 193 g/mol. The number of aryl methyl sites for hydroxylation is 1. The highest BCUT2D eigenvalue weighted by molar-refractivity contribution is 5.06. The molecule has 1 aliphatic heterocycles. The van der Waals surface area contributed by atoms with Gasteiger partial charge in [-0.3, -0.25) is 4.68 Å². The monoisotopic (exact) mass is 211 g/mol. The lowest BCUT2D eigenvalue weighted by Crippen LogP contribution is -2.42. The molecule has 0 bridgehead atoms.